The highest BCUT2D eigenvalue weighted by molar-refractivity contribution is 5.91. The van der Waals surface area contributed by atoms with Gasteiger partial charge in [0.05, 0.1) is 25.2 Å². The van der Waals surface area contributed by atoms with Crippen molar-refractivity contribution in [2.45, 2.75) is 38.4 Å². The molecule has 0 bridgehead atoms. The SMILES string of the molecule is O=C(NCc1ccccc1)c1cn(CC2CCCN2C(=O)Cc2cccnc2)nn1. The fraction of sp³-hybridized carbons (Fsp3) is 0.318. The zero-order valence-electron chi connectivity index (χ0n) is 16.6. The predicted octanol–water partition coefficient (Wildman–Crippen LogP) is 1.84. The fourth-order valence-electron chi connectivity index (χ4n) is 3.71. The van der Waals surface area contributed by atoms with E-state index in [1.165, 1.54) is 0 Å². The molecule has 3 heterocycles. The van der Waals surface area contributed by atoms with E-state index in [2.05, 4.69) is 20.6 Å². The van der Waals surface area contributed by atoms with Crippen LogP contribution >= 0.6 is 0 Å². The molecule has 154 valence electrons. The molecule has 1 aliphatic rings. The lowest BCUT2D eigenvalue weighted by atomic mass is 10.1. The van der Waals surface area contributed by atoms with Crippen LogP contribution in [0.5, 0.6) is 0 Å². The number of pyridine rings is 1. The van der Waals surface area contributed by atoms with Crippen LogP contribution < -0.4 is 5.32 Å². The van der Waals surface area contributed by atoms with Crippen LogP contribution in [0.15, 0.2) is 61.1 Å². The normalized spacial score (nSPS) is 15.9. The van der Waals surface area contributed by atoms with E-state index in [1.807, 2.05) is 47.4 Å². The number of likely N-dealkylation sites (tertiary alicyclic amines) is 1. The third kappa shape index (κ3) is 4.89. The molecular formula is C22H24N6O2. The Balaban J connectivity index is 1.33. The van der Waals surface area contributed by atoms with Gasteiger partial charge in [0.1, 0.15) is 0 Å². The summed E-state index contributed by atoms with van der Waals surface area (Å²) in [5.74, 6) is -0.174. The van der Waals surface area contributed by atoms with E-state index in [4.69, 9.17) is 0 Å². The minimum Gasteiger partial charge on any atom is -0.347 e. The predicted molar refractivity (Wildman–Crippen MR) is 110 cm³/mol. The van der Waals surface area contributed by atoms with Gasteiger partial charge < -0.3 is 10.2 Å². The van der Waals surface area contributed by atoms with E-state index in [1.54, 1.807) is 23.3 Å². The molecule has 2 amide bonds. The molecule has 8 heteroatoms. The van der Waals surface area contributed by atoms with E-state index < -0.39 is 0 Å². The van der Waals surface area contributed by atoms with Gasteiger partial charge in [0.25, 0.3) is 5.91 Å². The van der Waals surface area contributed by atoms with Gasteiger partial charge in [-0.1, -0.05) is 41.6 Å². The fourth-order valence-corrected chi connectivity index (χ4v) is 3.71. The van der Waals surface area contributed by atoms with Gasteiger partial charge in [0.2, 0.25) is 5.91 Å². The average Bonchev–Trinajstić information content (AvgIpc) is 3.44. The van der Waals surface area contributed by atoms with Crippen LogP contribution in [0, 0.1) is 0 Å². The van der Waals surface area contributed by atoms with Crippen molar-refractivity contribution in [1.29, 1.82) is 0 Å². The molecule has 8 nitrogen and oxygen atoms in total. The number of hydrogen-bond acceptors (Lipinski definition) is 5. The number of hydrogen-bond donors (Lipinski definition) is 1. The van der Waals surface area contributed by atoms with Crippen LogP contribution in [0.25, 0.3) is 0 Å². The Kier molecular flexibility index (Phi) is 6.12. The van der Waals surface area contributed by atoms with Crippen molar-refractivity contribution in [1.82, 2.24) is 30.2 Å². The Bertz CT molecular complexity index is 989. The Morgan fingerprint density at radius 2 is 1.93 bits per heavy atom. The molecule has 4 rings (SSSR count). The smallest absolute Gasteiger partial charge is 0.273 e. The molecule has 0 spiro atoms. The Labute approximate surface area is 174 Å². The lowest BCUT2D eigenvalue weighted by Crippen LogP contribution is -2.39. The number of nitrogens with one attached hydrogen (secondary N) is 1. The van der Waals surface area contributed by atoms with Crippen molar-refractivity contribution in [3.63, 3.8) is 0 Å². The molecule has 1 unspecified atom stereocenters. The highest BCUT2D eigenvalue weighted by Gasteiger charge is 2.29. The largest absolute Gasteiger partial charge is 0.347 e. The molecule has 0 saturated carbocycles. The molecule has 1 saturated heterocycles. The second-order valence-corrected chi connectivity index (χ2v) is 7.42. The molecule has 1 N–H and O–H groups in total. The van der Waals surface area contributed by atoms with E-state index in [0.717, 1.165) is 30.5 Å². The first-order valence-electron chi connectivity index (χ1n) is 10.1. The highest BCUT2D eigenvalue weighted by Crippen LogP contribution is 2.20. The molecule has 0 aliphatic carbocycles. The molecule has 0 radical (unpaired) electrons. The van der Waals surface area contributed by atoms with Crippen LogP contribution in [0.2, 0.25) is 0 Å². The topological polar surface area (TPSA) is 93.0 Å². The number of rotatable bonds is 7. The second kappa shape index (κ2) is 9.30. The summed E-state index contributed by atoms with van der Waals surface area (Å²) in [6.45, 7) is 1.70. The van der Waals surface area contributed by atoms with Gasteiger partial charge in [-0.15, -0.1) is 5.10 Å². The third-order valence-electron chi connectivity index (χ3n) is 5.24. The molecular weight excluding hydrogens is 380 g/mol. The first-order chi connectivity index (χ1) is 14.7. The summed E-state index contributed by atoms with van der Waals surface area (Å²) in [5, 5.41) is 10.9. The summed E-state index contributed by atoms with van der Waals surface area (Å²) in [7, 11) is 0. The molecule has 30 heavy (non-hydrogen) atoms. The van der Waals surface area contributed by atoms with Crippen LogP contribution in [-0.2, 0) is 24.3 Å². The maximum absolute atomic E-state index is 12.7. The molecule has 2 aromatic heterocycles. The third-order valence-corrected chi connectivity index (χ3v) is 5.24. The number of aromatic nitrogens is 4. The lowest BCUT2D eigenvalue weighted by Gasteiger charge is -2.24. The Hall–Kier alpha value is -3.55. The van der Waals surface area contributed by atoms with Gasteiger partial charge in [-0.3, -0.25) is 14.6 Å². The number of nitrogens with zero attached hydrogens (tertiary/aromatic N) is 5. The summed E-state index contributed by atoms with van der Waals surface area (Å²) < 4.78 is 1.65. The minimum atomic E-state index is -0.263. The summed E-state index contributed by atoms with van der Waals surface area (Å²) in [5.41, 5.74) is 2.20. The standard InChI is InChI=1S/C22H24N6O2/c29-21(12-18-8-4-10-23-13-18)28-11-5-9-19(28)15-27-16-20(25-26-27)22(30)24-14-17-6-2-1-3-7-17/h1-4,6-8,10,13,16,19H,5,9,11-12,14-15H2,(H,24,30). The zero-order valence-corrected chi connectivity index (χ0v) is 16.6. The van der Waals surface area contributed by atoms with Crippen molar-refractivity contribution >= 4 is 11.8 Å². The second-order valence-electron chi connectivity index (χ2n) is 7.42. The molecule has 1 atom stereocenters. The lowest BCUT2D eigenvalue weighted by molar-refractivity contribution is -0.131. The highest BCUT2D eigenvalue weighted by atomic mass is 16.2. The van der Waals surface area contributed by atoms with Gasteiger partial charge >= 0.3 is 0 Å². The van der Waals surface area contributed by atoms with Crippen molar-refractivity contribution in [3.05, 3.63) is 77.9 Å². The van der Waals surface area contributed by atoms with Crippen molar-refractivity contribution in [3.8, 4) is 0 Å². The summed E-state index contributed by atoms with van der Waals surface area (Å²) >= 11 is 0. The monoisotopic (exact) mass is 404 g/mol. The molecule has 1 aromatic carbocycles. The number of amides is 2. The first-order valence-corrected chi connectivity index (χ1v) is 10.1. The van der Waals surface area contributed by atoms with Crippen molar-refractivity contribution < 1.29 is 9.59 Å². The Morgan fingerprint density at radius 3 is 2.73 bits per heavy atom. The van der Waals surface area contributed by atoms with Gasteiger partial charge in [0.15, 0.2) is 5.69 Å². The van der Waals surface area contributed by atoms with Gasteiger partial charge in [-0.2, -0.15) is 0 Å². The molecule has 3 aromatic rings. The maximum Gasteiger partial charge on any atom is 0.273 e. The van der Waals surface area contributed by atoms with Crippen LogP contribution in [-0.4, -0.2) is 49.3 Å². The van der Waals surface area contributed by atoms with Gasteiger partial charge in [0, 0.05) is 25.5 Å². The average molecular weight is 404 g/mol. The first kappa shape index (κ1) is 19.8. The van der Waals surface area contributed by atoms with E-state index in [0.29, 0.717) is 19.5 Å². The molecule has 1 fully saturated rings. The summed E-state index contributed by atoms with van der Waals surface area (Å²) in [6, 6.07) is 13.5. The van der Waals surface area contributed by atoms with Gasteiger partial charge in [-0.25, -0.2) is 4.68 Å². The summed E-state index contributed by atoms with van der Waals surface area (Å²) in [6.07, 6.45) is 7.28. The van der Waals surface area contributed by atoms with Gasteiger partial charge in [-0.05, 0) is 30.0 Å². The summed E-state index contributed by atoms with van der Waals surface area (Å²) in [4.78, 5) is 31.1. The van der Waals surface area contributed by atoms with Crippen molar-refractivity contribution in [2.24, 2.45) is 0 Å². The molecule has 1 aliphatic heterocycles. The van der Waals surface area contributed by atoms with E-state index in [-0.39, 0.29) is 23.6 Å². The van der Waals surface area contributed by atoms with Crippen LogP contribution in [0.1, 0.15) is 34.5 Å². The van der Waals surface area contributed by atoms with E-state index >= 15 is 0 Å². The van der Waals surface area contributed by atoms with Crippen LogP contribution in [0.4, 0.5) is 0 Å². The quantitative estimate of drug-likeness (QED) is 0.649. The van der Waals surface area contributed by atoms with E-state index in [9.17, 15) is 9.59 Å². The Morgan fingerprint density at radius 1 is 1.10 bits per heavy atom. The number of benzene rings is 1. The number of carbonyl (C=O) groups excluding carboxylic acids is 2. The maximum atomic E-state index is 12.7. The van der Waals surface area contributed by atoms with Crippen LogP contribution in [0.3, 0.4) is 0 Å². The van der Waals surface area contributed by atoms with Crippen molar-refractivity contribution in [2.75, 3.05) is 6.54 Å². The number of carbonyl (C=O) groups is 2. The zero-order chi connectivity index (χ0) is 20.8. The minimum absolute atomic E-state index is 0.0519.